The molecule has 0 unspecified atom stereocenters. The second-order valence-corrected chi connectivity index (χ2v) is 17.2. The van der Waals surface area contributed by atoms with Crippen LogP contribution in [0.2, 0.25) is 0 Å². The fourth-order valence-electron chi connectivity index (χ4n) is 10.1. The van der Waals surface area contributed by atoms with Gasteiger partial charge in [0.2, 0.25) is 0 Å². The van der Waals surface area contributed by atoms with Crippen molar-refractivity contribution >= 4 is 39.5 Å². The first-order valence-electron chi connectivity index (χ1n) is 18.2. The molecule has 1 aromatic heterocycles. The second-order valence-electron chi connectivity index (χ2n) is 17.2. The highest BCUT2D eigenvalue weighted by molar-refractivity contribution is 6.12. The first kappa shape index (κ1) is 29.8. The number of nitrogens with one attached hydrogen (secondary N) is 1. The van der Waals surface area contributed by atoms with Gasteiger partial charge in [-0.3, -0.25) is 0 Å². The normalized spacial score (nSPS) is 18.9. The lowest BCUT2D eigenvalue weighted by Crippen LogP contribution is -2.42. The molecular formula is C48H44N2. The molecule has 1 aliphatic heterocycles. The molecule has 2 nitrogen and oxygen atoms in total. The van der Waals surface area contributed by atoms with Crippen LogP contribution in [0.25, 0.3) is 67.5 Å². The van der Waals surface area contributed by atoms with E-state index >= 15 is 0 Å². The smallest absolute Gasteiger partial charge is 0.0468 e. The maximum Gasteiger partial charge on any atom is 0.0468 e. The van der Waals surface area contributed by atoms with E-state index in [1.165, 1.54) is 93.6 Å². The Morgan fingerprint density at radius 1 is 0.620 bits per heavy atom. The number of fused-ring (bicyclic) bond motifs is 9. The van der Waals surface area contributed by atoms with Crippen molar-refractivity contribution in [2.75, 3.05) is 0 Å². The lowest BCUT2D eigenvalue weighted by Gasteiger charge is -2.44. The summed E-state index contributed by atoms with van der Waals surface area (Å²) < 4.78 is 2.29. The highest BCUT2D eigenvalue weighted by Gasteiger charge is 2.57. The summed E-state index contributed by atoms with van der Waals surface area (Å²) in [7, 11) is 0. The van der Waals surface area contributed by atoms with Crippen molar-refractivity contribution in [1.82, 2.24) is 9.55 Å². The Kier molecular flexibility index (Phi) is 5.59. The van der Waals surface area contributed by atoms with Gasteiger partial charge in [0.1, 0.15) is 0 Å². The summed E-state index contributed by atoms with van der Waals surface area (Å²) in [6.07, 6.45) is 9.49. The zero-order valence-corrected chi connectivity index (χ0v) is 30.4. The van der Waals surface area contributed by atoms with Gasteiger partial charge in [0.05, 0.1) is 0 Å². The van der Waals surface area contributed by atoms with E-state index in [1.807, 2.05) is 0 Å². The van der Waals surface area contributed by atoms with Gasteiger partial charge in [0.25, 0.3) is 0 Å². The van der Waals surface area contributed by atoms with Crippen LogP contribution in [0.3, 0.4) is 0 Å². The van der Waals surface area contributed by atoms with Crippen LogP contribution >= 0.6 is 0 Å². The topological polar surface area (TPSA) is 20.7 Å². The highest BCUT2D eigenvalue weighted by Crippen LogP contribution is 2.62. The lowest BCUT2D eigenvalue weighted by molar-refractivity contribution is 0.125. The fourth-order valence-corrected chi connectivity index (χ4v) is 10.1. The first-order chi connectivity index (χ1) is 23.8. The van der Waals surface area contributed by atoms with Crippen molar-refractivity contribution in [1.29, 1.82) is 0 Å². The number of aromatic amines is 1. The molecular weight excluding hydrogens is 605 g/mol. The summed E-state index contributed by atoms with van der Waals surface area (Å²) in [5, 5.41) is 5.30. The average Bonchev–Trinajstić information content (AvgIpc) is 3.78. The van der Waals surface area contributed by atoms with Crippen molar-refractivity contribution in [2.24, 2.45) is 5.41 Å². The Labute approximate surface area is 294 Å². The summed E-state index contributed by atoms with van der Waals surface area (Å²) in [6.45, 7) is 19.5. The number of para-hydroxylation sites is 1. The van der Waals surface area contributed by atoms with Crippen LogP contribution in [0.15, 0.2) is 109 Å². The fraction of sp³-hybridized carbons (Fsp3) is 0.250. The van der Waals surface area contributed by atoms with Crippen molar-refractivity contribution in [3.05, 3.63) is 142 Å². The van der Waals surface area contributed by atoms with Crippen LogP contribution in [-0.4, -0.2) is 9.55 Å². The Balaban J connectivity index is 1.26. The summed E-state index contributed by atoms with van der Waals surface area (Å²) in [5.41, 5.74) is 17.4. The number of rotatable bonds is 2. The maximum atomic E-state index is 3.83. The van der Waals surface area contributed by atoms with Crippen LogP contribution in [0, 0.1) is 5.41 Å². The van der Waals surface area contributed by atoms with E-state index in [0.717, 1.165) is 0 Å². The minimum absolute atomic E-state index is 0.0532. The number of allylic oxidation sites excluding steroid dienone is 1. The third-order valence-electron chi connectivity index (χ3n) is 14.0. The van der Waals surface area contributed by atoms with E-state index in [4.69, 9.17) is 0 Å². The number of hydrogen-bond acceptors (Lipinski definition) is 0. The number of hydrogen-bond donors (Lipinski definition) is 1. The van der Waals surface area contributed by atoms with Gasteiger partial charge >= 0.3 is 0 Å². The lowest BCUT2D eigenvalue weighted by atomic mass is 9.59. The van der Waals surface area contributed by atoms with Crippen LogP contribution in [-0.2, 0) is 16.2 Å². The van der Waals surface area contributed by atoms with Crippen molar-refractivity contribution in [3.8, 4) is 27.9 Å². The largest absolute Gasteiger partial charge is 0.355 e. The minimum atomic E-state index is -0.189. The SMILES string of the molecule is CC1(C)C2=c3ccccc3=CC2=Cc2c(-c3ccc4[nH]c5cc6c(cc5c4c3)C(C)(C)C(C)(C)C6(C)C)c3ccn(-c4ccccc4)cc-3c21. The van der Waals surface area contributed by atoms with Gasteiger partial charge in [-0.15, -0.1) is 0 Å². The van der Waals surface area contributed by atoms with Gasteiger partial charge in [-0.05, 0) is 131 Å². The average molecular weight is 649 g/mol. The number of aromatic nitrogens is 2. The molecule has 246 valence electrons. The summed E-state index contributed by atoms with van der Waals surface area (Å²) >= 11 is 0. The monoisotopic (exact) mass is 648 g/mol. The van der Waals surface area contributed by atoms with E-state index in [-0.39, 0.29) is 21.7 Å². The molecule has 0 saturated heterocycles. The molecule has 0 amide bonds. The summed E-state index contributed by atoms with van der Waals surface area (Å²) in [4.78, 5) is 3.83. The van der Waals surface area contributed by atoms with E-state index in [0.29, 0.717) is 0 Å². The zero-order valence-electron chi connectivity index (χ0n) is 30.4. The second kappa shape index (κ2) is 9.37. The van der Waals surface area contributed by atoms with Crippen LogP contribution < -0.4 is 10.4 Å². The molecule has 0 radical (unpaired) electrons. The summed E-state index contributed by atoms with van der Waals surface area (Å²) in [5.74, 6) is 0. The molecule has 5 aliphatic rings. The predicted octanol–water partition coefficient (Wildman–Crippen LogP) is 10.8. The van der Waals surface area contributed by atoms with E-state index in [1.54, 1.807) is 0 Å². The predicted molar refractivity (Wildman–Crippen MR) is 212 cm³/mol. The first-order valence-corrected chi connectivity index (χ1v) is 18.2. The highest BCUT2D eigenvalue weighted by atomic mass is 14.9. The van der Waals surface area contributed by atoms with Gasteiger partial charge in [-0.1, -0.05) is 104 Å². The number of pyridine rings is 1. The Bertz CT molecular complexity index is 2740. The van der Waals surface area contributed by atoms with Crippen LogP contribution in [0.4, 0.5) is 0 Å². The minimum Gasteiger partial charge on any atom is -0.355 e. The number of benzene rings is 4. The van der Waals surface area contributed by atoms with Crippen molar-refractivity contribution < 1.29 is 0 Å². The van der Waals surface area contributed by atoms with Gasteiger partial charge in [-0.2, -0.15) is 0 Å². The molecule has 2 heterocycles. The van der Waals surface area contributed by atoms with E-state index in [9.17, 15) is 0 Å². The van der Waals surface area contributed by atoms with Crippen molar-refractivity contribution in [2.45, 2.75) is 71.6 Å². The van der Waals surface area contributed by atoms with Crippen LogP contribution in [0.1, 0.15) is 77.6 Å². The molecule has 10 rings (SSSR count). The van der Waals surface area contributed by atoms with Gasteiger partial charge in [0, 0.05) is 50.9 Å². The van der Waals surface area contributed by atoms with Crippen LogP contribution in [0.5, 0.6) is 0 Å². The number of H-pyrrole nitrogens is 1. The molecule has 0 atom stereocenters. The molecule has 2 heteroatoms. The third kappa shape index (κ3) is 3.54. The Morgan fingerprint density at radius 2 is 1.32 bits per heavy atom. The molecule has 4 aromatic carbocycles. The maximum absolute atomic E-state index is 3.83. The molecule has 50 heavy (non-hydrogen) atoms. The van der Waals surface area contributed by atoms with Crippen molar-refractivity contribution in [3.63, 3.8) is 0 Å². The molecule has 0 saturated carbocycles. The van der Waals surface area contributed by atoms with Gasteiger partial charge in [-0.25, -0.2) is 0 Å². The molecule has 0 spiro atoms. The van der Waals surface area contributed by atoms with E-state index < -0.39 is 0 Å². The quantitative estimate of drug-likeness (QED) is 0.193. The Morgan fingerprint density at radius 3 is 2.10 bits per heavy atom. The third-order valence-corrected chi connectivity index (χ3v) is 14.0. The Hall–Kier alpha value is -5.08. The molecule has 0 fully saturated rings. The molecule has 4 aliphatic carbocycles. The van der Waals surface area contributed by atoms with Gasteiger partial charge < -0.3 is 9.55 Å². The van der Waals surface area contributed by atoms with E-state index in [2.05, 4.69) is 180 Å². The summed E-state index contributed by atoms with van der Waals surface area (Å²) in [6, 6.07) is 34.0. The van der Waals surface area contributed by atoms with Gasteiger partial charge in [0.15, 0.2) is 0 Å². The zero-order chi connectivity index (χ0) is 34.5. The number of nitrogens with zero attached hydrogens (tertiary/aromatic N) is 1. The molecule has 1 N–H and O–H groups in total. The molecule has 0 bridgehead atoms. The standard InChI is InChI=1S/C48H44N2/c1-45(2)43-30(22-28-14-12-13-17-32(28)43)24-36-42(33-20-21-50(27-37(33)44(36)45)31-15-10-9-11-16-31)29-18-19-40-34(23-29)35-25-38-39(26-41(35)49-40)47(5,6)48(7,8)46(38,3)4/h9-27,49H,1-8H3. The molecule has 5 aromatic rings.